The predicted octanol–water partition coefficient (Wildman–Crippen LogP) is -0.673. The molecule has 0 saturated heterocycles. The van der Waals surface area contributed by atoms with Crippen LogP contribution in [0.25, 0.3) is 0 Å². The standard InChI is InChI=1S/C11H16O3S.Na/c1-2-3-4-5-10-6-8-11(9-7-10)15(12,13)14;/h6-9H,2-5H2,1H3,(H,12,13,14);/q;+1/p-1. The van der Waals surface area contributed by atoms with E-state index in [0.29, 0.717) is 0 Å². The van der Waals surface area contributed by atoms with E-state index in [1.54, 1.807) is 12.1 Å². The predicted molar refractivity (Wildman–Crippen MR) is 57.6 cm³/mol. The first-order valence-corrected chi connectivity index (χ1v) is 6.49. The molecule has 0 aromatic heterocycles. The smallest absolute Gasteiger partial charge is 0.744 e. The van der Waals surface area contributed by atoms with Crippen LogP contribution in [0.5, 0.6) is 0 Å². The Morgan fingerprint density at radius 1 is 1.12 bits per heavy atom. The Hall–Kier alpha value is 0.130. The average Bonchev–Trinajstić information content (AvgIpc) is 2.18. The first kappa shape index (κ1) is 16.1. The zero-order valence-corrected chi connectivity index (χ0v) is 12.6. The maximum atomic E-state index is 10.6. The number of benzene rings is 1. The third-order valence-electron chi connectivity index (χ3n) is 2.28. The molecule has 1 rings (SSSR count). The second-order valence-corrected chi connectivity index (χ2v) is 4.93. The summed E-state index contributed by atoms with van der Waals surface area (Å²) >= 11 is 0. The summed E-state index contributed by atoms with van der Waals surface area (Å²) in [4.78, 5) is -0.151. The third-order valence-corrected chi connectivity index (χ3v) is 3.13. The number of aryl methyl sites for hydroxylation is 1. The number of hydrogen-bond acceptors (Lipinski definition) is 3. The zero-order chi connectivity index (χ0) is 11.3. The van der Waals surface area contributed by atoms with Gasteiger partial charge in [0.25, 0.3) is 0 Å². The van der Waals surface area contributed by atoms with Gasteiger partial charge in [0.2, 0.25) is 0 Å². The molecule has 0 aliphatic carbocycles. The molecule has 0 heterocycles. The second kappa shape index (κ2) is 7.45. The van der Waals surface area contributed by atoms with Crippen molar-refractivity contribution >= 4 is 10.1 Å². The Balaban J connectivity index is 0.00000225. The number of rotatable bonds is 5. The van der Waals surface area contributed by atoms with Gasteiger partial charge in [0.15, 0.2) is 0 Å². The third kappa shape index (κ3) is 5.46. The van der Waals surface area contributed by atoms with Crippen molar-refractivity contribution in [3.05, 3.63) is 29.8 Å². The Labute approximate surface area is 119 Å². The molecule has 1 aromatic carbocycles. The average molecular weight is 250 g/mol. The van der Waals surface area contributed by atoms with Crippen molar-refractivity contribution in [1.29, 1.82) is 0 Å². The van der Waals surface area contributed by atoms with Gasteiger partial charge in [-0.3, -0.25) is 0 Å². The quantitative estimate of drug-likeness (QED) is 0.395. The minimum atomic E-state index is -4.29. The molecule has 0 aliphatic rings. The van der Waals surface area contributed by atoms with E-state index in [4.69, 9.17) is 0 Å². The zero-order valence-electron chi connectivity index (χ0n) is 9.77. The van der Waals surface area contributed by atoms with Crippen LogP contribution in [-0.4, -0.2) is 13.0 Å². The van der Waals surface area contributed by atoms with E-state index in [1.807, 2.05) is 0 Å². The van der Waals surface area contributed by atoms with Crippen LogP contribution < -0.4 is 29.6 Å². The maximum Gasteiger partial charge on any atom is 1.00 e. The van der Waals surface area contributed by atoms with Gasteiger partial charge in [-0.1, -0.05) is 31.9 Å². The molecule has 0 radical (unpaired) electrons. The molecule has 0 bridgehead atoms. The molecule has 0 amide bonds. The second-order valence-electron chi connectivity index (χ2n) is 3.56. The van der Waals surface area contributed by atoms with Gasteiger partial charge < -0.3 is 4.55 Å². The van der Waals surface area contributed by atoms with Crippen LogP contribution in [0.2, 0.25) is 0 Å². The van der Waals surface area contributed by atoms with Crippen LogP contribution in [0.15, 0.2) is 29.2 Å². The Kier molecular flexibility index (Phi) is 7.52. The van der Waals surface area contributed by atoms with Crippen molar-refractivity contribution in [3.63, 3.8) is 0 Å². The topological polar surface area (TPSA) is 57.2 Å². The van der Waals surface area contributed by atoms with Crippen LogP contribution in [0.4, 0.5) is 0 Å². The molecule has 3 nitrogen and oxygen atoms in total. The van der Waals surface area contributed by atoms with Gasteiger partial charge in [-0.25, -0.2) is 8.42 Å². The van der Waals surface area contributed by atoms with E-state index in [1.165, 1.54) is 18.6 Å². The molecule has 0 spiro atoms. The fourth-order valence-electron chi connectivity index (χ4n) is 1.40. The van der Waals surface area contributed by atoms with Crippen LogP contribution in [0.1, 0.15) is 31.7 Å². The van der Waals surface area contributed by atoms with Crippen molar-refractivity contribution < 1.29 is 42.5 Å². The van der Waals surface area contributed by atoms with E-state index in [0.717, 1.165) is 24.8 Å². The normalized spacial score (nSPS) is 10.9. The van der Waals surface area contributed by atoms with Gasteiger partial charge in [-0.2, -0.15) is 0 Å². The fraction of sp³-hybridized carbons (Fsp3) is 0.455. The summed E-state index contributed by atoms with van der Waals surface area (Å²) in [6.07, 6.45) is 4.36. The molecular weight excluding hydrogens is 235 g/mol. The van der Waals surface area contributed by atoms with Crippen molar-refractivity contribution in [2.24, 2.45) is 0 Å². The van der Waals surface area contributed by atoms with Crippen molar-refractivity contribution in [3.8, 4) is 0 Å². The van der Waals surface area contributed by atoms with E-state index >= 15 is 0 Å². The molecule has 0 saturated carbocycles. The summed E-state index contributed by atoms with van der Waals surface area (Å²) in [5, 5.41) is 0. The van der Waals surface area contributed by atoms with Gasteiger partial charge in [-0.05, 0) is 30.5 Å². The van der Waals surface area contributed by atoms with E-state index < -0.39 is 10.1 Å². The molecule has 84 valence electrons. The van der Waals surface area contributed by atoms with Gasteiger partial charge in [0.05, 0.1) is 4.90 Å². The molecule has 16 heavy (non-hydrogen) atoms. The van der Waals surface area contributed by atoms with Crippen LogP contribution >= 0.6 is 0 Å². The van der Waals surface area contributed by atoms with Gasteiger partial charge in [0.1, 0.15) is 10.1 Å². The molecule has 0 fully saturated rings. The first-order chi connectivity index (χ1) is 7.04. The first-order valence-electron chi connectivity index (χ1n) is 5.09. The van der Waals surface area contributed by atoms with Crippen LogP contribution in [-0.2, 0) is 16.5 Å². The Bertz CT molecular complexity index is 398. The molecule has 0 unspecified atom stereocenters. The summed E-state index contributed by atoms with van der Waals surface area (Å²) in [7, 11) is -4.29. The molecule has 1 aromatic rings. The van der Waals surface area contributed by atoms with Crippen molar-refractivity contribution in [2.45, 2.75) is 37.5 Å². The SMILES string of the molecule is CCCCCc1ccc(S(=O)(=O)[O-])cc1.[Na+]. The molecule has 0 aliphatic heterocycles. The minimum absolute atomic E-state index is 0. The summed E-state index contributed by atoms with van der Waals surface area (Å²) in [5.41, 5.74) is 1.08. The molecule has 0 atom stereocenters. The van der Waals surface area contributed by atoms with Gasteiger partial charge in [-0.15, -0.1) is 0 Å². The fourth-order valence-corrected chi connectivity index (χ4v) is 1.87. The van der Waals surface area contributed by atoms with E-state index in [2.05, 4.69) is 6.92 Å². The van der Waals surface area contributed by atoms with E-state index in [-0.39, 0.29) is 34.5 Å². The van der Waals surface area contributed by atoms with Gasteiger partial charge in [0, 0.05) is 0 Å². The molecular formula is C11H15NaO3S. The maximum absolute atomic E-state index is 10.6. The van der Waals surface area contributed by atoms with E-state index in [9.17, 15) is 13.0 Å². The summed E-state index contributed by atoms with van der Waals surface area (Å²) < 4.78 is 31.9. The Morgan fingerprint density at radius 3 is 2.12 bits per heavy atom. The molecule has 5 heteroatoms. The minimum Gasteiger partial charge on any atom is -0.744 e. The summed E-state index contributed by atoms with van der Waals surface area (Å²) in [6.45, 7) is 2.13. The monoisotopic (exact) mass is 250 g/mol. The van der Waals surface area contributed by atoms with Crippen molar-refractivity contribution in [1.82, 2.24) is 0 Å². The molecule has 0 N–H and O–H groups in total. The van der Waals surface area contributed by atoms with Crippen LogP contribution in [0, 0.1) is 0 Å². The summed E-state index contributed by atoms with van der Waals surface area (Å²) in [5.74, 6) is 0. The summed E-state index contributed by atoms with van der Waals surface area (Å²) in [6, 6.07) is 6.17. The number of hydrogen-bond donors (Lipinski definition) is 0. The number of unbranched alkanes of at least 4 members (excludes halogenated alkanes) is 2. The van der Waals surface area contributed by atoms with Gasteiger partial charge >= 0.3 is 29.6 Å². The van der Waals surface area contributed by atoms with Crippen LogP contribution in [0.3, 0.4) is 0 Å². The Morgan fingerprint density at radius 2 is 1.69 bits per heavy atom. The largest absolute Gasteiger partial charge is 1.00 e. The van der Waals surface area contributed by atoms with Crippen molar-refractivity contribution in [2.75, 3.05) is 0 Å².